The van der Waals surface area contributed by atoms with E-state index in [1.54, 1.807) is 6.33 Å². The molecule has 5 rings (SSSR count). The van der Waals surface area contributed by atoms with Crippen molar-refractivity contribution in [3.05, 3.63) is 82.8 Å². The Balaban J connectivity index is 1.68. The lowest BCUT2D eigenvalue weighted by molar-refractivity contribution is 0.756. The average molecular weight is 375 g/mol. The van der Waals surface area contributed by atoms with Gasteiger partial charge in [0.05, 0.1) is 11.7 Å². The molecule has 4 nitrogen and oxygen atoms in total. The number of hydrogen-bond donors (Lipinski definition) is 1. The molecule has 0 amide bonds. The van der Waals surface area contributed by atoms with Gasteiger partial charge in [-0.2, -0.15) is 0 Å². The molecule has 0 saturated carbocycles. The van der Waals surface area contributed by atoms with Gasteiger partial charge >= 0.3 is 0 Å². The first-order valence-electron chi connectivity index (χ1n) is 9.21. The molecule has 0 radical (unpaired) electrons. The molecule has 3 heterocycles. The number of nitrogens with zero attached hydrogens (tertiary/aromatic N) is 3. The molecule has 0 spiro atoms. The molecular weight excluding hydrogens is 356 g/mol. The predicted octanol–water partition coefficient (Wildman–Crippen LogP) is 5.39. The third-order valence-corrected chi connectivity index (χ3v) is 5.49. The summed E-state index contributed by atoms with van der Waals surface area (Å²) in [7, 11) is 0. The van der Waals surface area contributed by atoms with Crippen molar-refractivity contribution in [2.24, 2.45) is 0 Å². The Bertz CT molecular complexity index is 1020. The second-order valence-corrected chi connectivity index (χ2v) is 7.22. The van der Waals surface area contributed by atoms with Gasteiger partial charge in [0.2, 0.25) is 0 Å². The Labute approximate surface area is 163 Å². The highest BCUT2D eigenvalue weighted by molar-refractivity contribution is 6.32. The third-order valence-electron chi connectivity index (χ3n) is 5.20. The maximum atomic E-state index is 6.46. The van der Waals surface area contributed by atoms with E-state index in [0.29, 0.717) is 5.15 Å². The van der Waals surface area contributed by atoms with Crippen LogP contribution >= 0.6 is 11.6 Å². The normalized spacial score (nSPS) is 17.8. The monoisotopic (exact) mass is 374 g/mol. The zero-order valence-corrected chi connectivity index (χ0v) is 15.5. The van der Waals surface area contributed by atoms with Crippen molar-refractivity contribution in [3.8, 4) is 0 Å². The van der Waals surface area contributed by atoms with Gasteiger partial charge in [0.25, 0.3) is 0 Å². The van der Waals surface area contributed by atoms with Crippen LogP contribution in [-0.2, 0) is 6.42 Å². The van der Waals surface area contributed by atoms with Gasteiger partial charge in [0.15, 0.2) is 11.0 Å². The zero-order valence-electron chi connectivity index (χ0n) is 14.8. The van der Waals surface area contributed by atoms with Crippen LogP contribution in [0.3, 0.4) is 0 Å². The summed E-state index contributed by atoms with van der Waals surface area (Å²) < 4.78 is 0. The molecule has 5 heteroatoms. The Morgan fingerprint density at radius 1 is 1.07 bits per heavy atom. The Kier molecular flexibility index (Phi) is 4.06. The summed E-state index contributed by atoms with van der Waals surface area (Å²) >= 11 is 6.46. The van der Waals surface area contributed by atoms with Crippen molar-refractivity contribution in [1.29, 1.82) is 0 Å². The van der Waals surface area contributed by atoms with Crippen LogP contribution in [0.4, 0.5) is 17.2 Å². The van der Waals surface area contributed by atoms with Gasteiger partial charge in [-0.1, -0.05) is 72.3 Å². The van der Waals surface area contributed by atoms with Crippen LogP contribution in [0.15, 0.2) is 60.9 Å². The van der Waals surface area contributed by atoms with Gasteiger partial charge in [-0.3, -0.25) is 0 Å². The minimum atomic E-state index is -0.00879. The molecule has 134 valence electrons. The molecule has 0 saturated heterocycles. The highest BCUT2D eigenvalue weighted by atomic mass is 35.5. The molecule has 2 aliphatic rings. The molecular formula is C22H19ClN4. The molecule has 2 aliphatic heterocycles. The van der Waals surface area contributed by atoms with Gasteiger partial charge in [-0.05, 0) is 24.0 Å². The third kappa shape index (κ3) is 2.86. The van der Waals surface area contributed by atoms with Crippen LogP contribution in [0, 0.1) is 0 Å². The van der Waals surface area contributed by atoms with Gasteiger partial charge in [-0.15, -0.1) is 0 Å². The average Bonchev–Trinajstić information content (AvgIpc) is 2.85. The van der Waals surface area contributed by atoms with E-state index in [1.807, 2.05) is 18.2 Å². The number of aryl methyl sites for hydroxylation is 1. The lowest BCUT2D eigenvalue weighted by Crippen LogP contribution is -2.26. The summed E-state index contributed by atoms with van der Waals surface area (Å²) in [6.07, 6.45) is 8.06. The first-order chi connectivity index (χ1) is 13.3. The quantitative estimate of drug-likeness (QED) is 0.610. The molecule has 1 aromatic heterocycles. The van der Waals surface area contributed by atoms with E-state index >= 15 is 0 Å². The summed E-state index contributed by atoms with van der Waals surface area (Å²) in [6.45, 7) is 0.932. The number of benzene rings is 2. The SMILES string of the molecule is Clc1ncnc2c1NC(/C=C/c1ccccc1)c1cccc3c1N2CCC3. The fourth-order valence-corrected chi connectivity index (χ4v) is 4.17. The van der Waals surface area contributed by atoms with E-state index in [1.165, 1.54) is 22.4 Å². The first kappa shape index (κ1) is 16.3. The number of hydrogen-bond acceptors (Lipinski definition) is 4. The molecule has 1 N–H and O–H groups in total. The van der Waals surface area contributed by atoms with Gasteiger partial charge in [0.1, 0.15) is 12.0 Å². The van der Waals surface area contributed by atoms with Crippen molar-refractivity contribution in [2.75, 3.05) is 16.8 Å². The van der Waals surface area contributed by atoms with Crippen molar-refractivity contribution >= 4 is 34.9 Å². The van der Waals surface area contributed by atoms with Crippen molar-refractivity contribution in [2.45, 2.75) is 18.9 Å². The largest absolute Gasteiger partial charge is 0.369 e. The minimum Gasteiger partial charge on any atom is -0.369 e. The minimum absolute atomic E-state index is 0.00879. The van der Waals surface area contributed by atoms with E-state index in [4.69, 9.17) is 11.6 Å². The molecule has 2 aromatic carbocycles. The highest BCUT2D eigenvalue weighted by Crippen LogP contribution is 2.46. The highest BCUT2D eigenvalue weighted by Gasteiger charge is 2.31. The van der Waals surface area contributed by atoms with E-state index in [-0.39, 0.29) is 6.04 Å². The molecule has 1 atom stereocenters. The molecule has 0 fully saturated rings. The second-order valence-electron chi connectivity index (χ2n) is 6.87. The van der Waals surface area contributed by atoms with Gasteiger partial charge in [-0.25, -0.2) is 9.97 Å². The number of anilines is 3. The van der Waals surface area contributed by atoms with Crippen molar-refractivity contribution in [1.82, 2.24) is 9.97 Å². The lowest BCUT2D eigenvalue weighted by Gasteiger charge is -2.31. The Morgan fingerprint density at radius 2 is 1.96 bits per heavy atom. The predicted molar refractivity (Wildman–Crippen MR) is 111 cm³/mol. The summed E-state index contributed by atoms with van der Waals surface area (Å²) in [6, 6.07) is 16.9. The molecule has 1 unspecified atom stereocenters. The van der Waals surface area contributed by atoms with E-state index < -0.39 is 0 Å². The van der Waals surface area contributed by atoms with E-state index in [2.05, 4.69) is 62.7 Å². The maximum Gasteiger partial charge on any atom is 0.161 e. The standard InChI is InChI=1S/C22H19ClN4/c23-21-19-22(25-14-24-21)27-13-5-9-16-8-4-10-17(20(16)27)18(26-19)12-11-15-6-2-1-3-7-15/h1-4,6-8,10-12,14,18,26H,5,9,13H2/b12-11+. The summed E-state index contributed by atoms with van der Waals surface area (Å²) in [5.74, 6) is 0.860. The van der Waals surface area contributed by atoms with Crippen LogP contribution in [0.2, 0.25) is 5.15 Å². The number of fused-ring (bicyclic) bond motifs is 2. The second kappa shape index (κ2) is 6.71. The number of nitrogens with one attached hydrogen (secondary N) is 1. The van der Waals surface area contributed by atoms with E-state index in [9.17, 15) is 0 Å². The summed E-state index contributed by atoms with van der Waals surface area (Å²) in [5.41, 5.74) is 5.83. The topological polar surface area (TPSA) is 41.1 Å². The fourth-order valence-electron chi connectivity index (χ4n) is 3.99. The van der Waals surface area contributed by atoms with Gasteiger partial charge < -0.3 is 10.2 Å². The summed E-state index contributed by atoms with van der Waals surface area (Å²) in [4.78, 5) is 11.1. The number of para-hydroxylation sites is 1. The van der Waals surface area contributed by atoms with Gasteiger partial charge in [0, 0.05) is 12.1 Å². The number of aromatic nitrogens is 2. The van der Waals surface area contributed by atoms with Crippen LogP contribution in [-0.4, -0.2) is 16.5 Å². The Morgan fingerprint density at radius 3 is 2.85 bits per heavy atom. The van der Waals surface area contributed by atoms with Crippen molar-refractivity contribution in [3.63, 3.8) is 0 Å². The van der Waals surface area contributed by atoms with Crippen molar-refractivity contribution < 1.29 is 0 Å². The summed E-state index contributed by atoms with van der Waals surface area (Å²) in [5, 5.41) is 4.04. The number of halogens is 1. The Hall–Kier alpha value is -2.85. The fraction of sp³-hybridized carbons (Fsp3) is 0.182. The molecule has 3 aromatic rings. The van der Waals surface area contributed by atoms with E-state index in [0.717, 1.165) is 30.9 Å². The van der Waals surface area contributed by atoms with Crippen LogP contribution in [0.5, 0.6) is 0 Å². The van der Waals surface area contributed by atoms with Crippen LogP contribution < -0.4 is 10.2 Å². The van der Waals surface area contributed by atoms with Crippen LogP contribution in [0.1, 0.15) is 29.2 Å². The zero-order chi connectivity index (χ0) is 18.2. The smallest absolute Gasteiger partial charge is 0.161 e. The number of rotatable bonds is 2. The molecule has 0 bridgehead atoms. The lowest BCUT2D eigenvalue weighted by atomic mass is 9.94. The van der Waals surface area contributed by atoms with Crippen LogP contribution in [0.25, 0.3) is 6.08 Å². The molecule has 0 aliphatic carbocycles. The first-order valence-corrected chi connectivity index (χ1v) is 9.58. The maximum absolute atomic E-state index is 6.46. The molecule has 27 heavy (non-hydrogen) atoms.